The predicted molar refractivity (Wildman–Crippen MR) is 108 cm³/mol. The molecular formula is C22H23N3O3. The first-order chi connectivity index (χ1) is 13.8. The summed E-state index contributed by atoms with van der Waals surface area (Å²) in [5, 5.41) is 2.93. The van der Waals surface area contributed by atoms with Gasteiger partial charge in [-0.25, -0.2) is 4.98 Å². The van der Waals surface area contributed by atoms with E-state index in [1.54, 1.807) is 6.20 Å². The maximum absolute atomic E-state index is 12.2. The summed E-state index contributed by atoms with van der Waals surface area (Å²) in [5.41, 5.74) is 2.92. The van der Waals surface area contributed by atoms with Crippen molar-refractivity contribution in [1.29, 1.82) is 0 Å². The molecule has 6 heteroatoms. The molecule has 6 nitrogen and oxygen atoms in total. The number of amides is 1. The third kappa shape index (κ3) is 4.58. The lowest BCUT2D eigenvalue weighted by Gasteiger charge is -2.28. The Morgan fingerprint density at radius 2 is 1.79 bits per heavy atom. The first-order valence-corrected chi connectivity index (χ1v) is 9.51. The van der Waals surface area contributed by atoms with Gasteiger partial charge >= 0.3 is 0 Å². The monoisotopic (exact) mass is 377 g/mol. The average Bonchev–Trinajstić information content (AvgIpc) is 3.23. The molecule has 0 spiro atoms. The molecule has 1 aromatic heterocycles. The van der Waals surface area contributed by atoms with Crippen LogP contribution in [0.1, 0.15) is 12.3 Å². The Kier molecular flexibility index (Phi) is 5.68. The van der Waals surface area contributed by atoms with Crippen molar-refractivity contribution in [2.24, 2.45) is 0 Å². The fourth-order valence-electron chi connectivity index (χ4n) is 3.18. The molecule has 2 aromatic carbocycles. The van der Waals surface area contributed by atoms with Crippen molar-refractivity contribution in [2.75, 3.05) is 36.5 Å². The van der Waals surface area contributed by atoms with Crippen LogP contribution in [0.3, 0.4) is 0 Å². The van der Waals surface area contributed by atoms with Crippen LogP contribution < -0.4 is 10.2 Å². The van der Waals surface area contributed by atoms with Crippen molar-refractivity contribution in [3.63, 3.8) is 0 Å². The van der Waals surface area contributed by atoms with E-state index in [0.717, 1.165) is 49.0 Å². The number of carbonyl (C=O) groups is 1. The minimum Gasteiger partial charge on any atom is -0.441 e. The molecule has 1 aliphatic rings. The van der Waals surface area contributed by atoms with E-state index in [1.165, 1.54) is 0 Å². The number of aromatic nitrogens is 1. The molecule has 0 bridgehead atoms. The van der Waals surface area contributed by atoms with Crippen molar-refractivity contribution < 1.29 is 13.9 Å². The van der Waals surface area contributed by atoms with Crippen LogP contribution in [-0.4, -0.2) is 37.2 Å². The number of ether oxygens (including phenoxy) is 1. The van der Waals surface area contributed by atoms with Gasteiger partial charge in [-0.2, -0.15) is 0 Å². The first kappa shape index (κ1) is 18.3. The lowest BCUT2D eigenvalue weighted by molar-refractivity contribution is -0.116. The topological polar surface area (TPSA) is 67.6 Å². The Bertz CT molecular complexity index is 900. The number of hydrogen-bond acceptors (Lipinski definition) is 5. The highest BCUT2D eigenvalue weighted by atomic mass is 16.5. The highest BCUT2D eigenvalue weighted by Crippen LogP contribution is 2.21. The van der Waals surface area contributed by atoms with Gasteiger partial charge in [-0.05, 0) is 24.3 Å². The number of morpholine rings is 1. The second-order valence-corrected chi connectivity index (χ2v) is 6.68. The molecule has 3 aromatic rings. The zero-order valence-electron chi connectivity index (χ0n) is 15.6. The quantitative estimate of drug-likeness (QED) is 0.709. The van der Waals surface area contributed by atoms with Crippen LogP contribution in [0.2, 0.25) is 0 Å². The van der Waals surface area contributed by atoms with E-state index >= 15 is 0 Å². The number of nitrogens with one attached hydrogen (secondary N) is 1. The fourth-order valence-corrected chi connectivity index (χ4v) is 3.18. The van der Waals surface area contributed by atoms with E-state index in [-0.39, 0.29) is 5.91 Å². The SMILES string of the molecule is O=C(CCc1ncc(-c2ccccc2)o1)Nc1ccc(N2CCOCC2)cc1. The highest BCUT2D eigenvalue weighted by molar-refractivity contribution is 5.91. The summed E-state index contributed by atoms with van der Waals surface area (Å²) in [6.07, 6.45) is 2.48. The Labute approximate surface area is 164 Å². The molecule has 2 heterocycles. The molecule has 1 N–H and O–H groups in total. The number of rotatable bonds is 6. The van der Waals surface area contributed by atoms with Crippen LogP contribution >= 0.6 is 0 Å². The number of carbonyl (C=O) groups excluding carboxylic acids is 1. The van der Waals surface area contributed by atoms with Crippen LogP contribution in [0, 0.1) is 0 Å². The number of nitrogens with zero attached hydrogens (tertiary/aromatic N) is 2. The Balaban J connectivity index is 1.28. The van der Waals surface area contributed by atoms with Crippen molar-refractivity contribution in [3.05, 3.63) is 66.7 Å². The van der Waals surface area contributed by atoms with Crippen molar-refractivity contribution in [2.45, 2.75) is 12.8 Å². The predicted octanol–water partition coefficient (Wildman–Crippen LogP) is 3.75. The Morgan fingerprint density at radius 1 is 1.04 bits per heavy atom. The third-order valence-electron chi connectivity index (χ3n) is 4.71. The number of aryl methyl sites for hydroxylation is 1. The smallest absolute Gasteiger partial charge is 0.224 e. The van der Waals surface area contributed by atoms with Gasteiger partial charge in [0, 0.05) is 42.9 Å². The van der Waals surface area contributed by atoms with Crippen LogP contribution in [-0.2, 0) is 16.0 Å². The minimum absolute atomic E-state index is 0.0569. The summed E-state index contributed by atoms with van der Waals surface area (Å²) in [7, 11) is 0. The van der Waals surface area contributed by atoms with E-state index in [0.29, 0.717) is 18.7 Å². The average molecular weight is 377 g/mol. The van der Waals surface area contributed by atoms with Gasteiger partial charge in [0.2, 0.25) is 5.91 Å². The molecule has 1 saturated heterocycles. The Hall–Kier alpha value is -3.12. The summed E-state index contributed by atoms with van der Waals surface area (Å²) in [4.78, 5) is 18.8. The van der Waals surface area contributed by atoms with Crippen molar-refractivity contribution in [3.8, 4) is 11.3 Å². The summed E-state index contributed by atoms with van der Waals surface area (Å²) in [6.45, 7) is 3.30. The molecular weight excluding hydrogens is 354 g/mol. The lowest BCUT2D eigenvalue weighted by Crippen LogP contribution is -2.36. The third-order valence-corrected chi connectivity index (χ3v) is 4.71. The largest absolute Gasteiger partial charge is 0.441 e. The molecule has 1 fully saturated rings. The van der Waals surface area contributed by atoms with Crippen LogP contribution in [0.25, 0.3) is 11.3 Å². The molecule has 0 saturated carbocycles. The van der Waals surface area contributed by atoms with E-state index in [1.807, 2.05) is 54.6 Å². The number of benzene rings is 2. The summed E-state index contributed by atoms with van der Waals surface area (Å²) >= 11 is 0. The van der Waals surface area contributed by atoms with E-state index in [4.69, 9.17) is 9.15 Å². The molecule has 1 aliphatic heterocycles. The van der Waals surface area contributed by atoms with E-state index < -0.39 is 0 Å². The number of oxazole rings is 1. The van der Waals surface area contributed by atoms with Gasteiger partial charge in [0.05, 0.1) is 19.4 Å². The van der Waals surface area contributed by atoms with Crippen LogP contribution in [0.4, 0.5) is 11.4 Å². The summed E-state index contributed by atoms with van der Waals surface area (Å²) in [6, 6.07) is 17.7. The Morgan fingerprint density at radius 3 is 2.54 bits per heavy atom. The lowest BCUT2D eigenvalue weighted by atomic mass is 10.2. The molecule has 0 radical (unpaired) electrons. The van der Waals surface area contributed by atoms with Gasteiger partial charge in [0.15, 0.2) is 11.7 Å². The second-order valence-electron chi connectivity index (χ2n) is 6.68. The normalized spacial score (nSPS) is 14.1. The maximum Gasteiger partial charge on any atom is 0.224 e. The summed E-state index contributed by atoms with van der Waals surface area (Å²) in [5.74, 6) is 1.23. The number of hydrogen-bond donors (Lipinski definition) is 1. The van der Waals surface area contributed by atoms with Gasteiger partial charge in [0.1, 0.15) is 0 Å². The molecule has 144 valence electrons. The molecule has 28 heavy (non-hydrogen) atoms. The molecule has 0 unspecified atom stereocenters. The van der Waals surface area contributed by atoms with Crippen molar-refractivity contribution in [1.82, 2.24) is 4.98 Å². The zero-order valence-corrected chi connectivity index (χ0v) is 15.6. The first-order valence-electron chi connectivity index (χ1n) is 9.51. The fraction of sp³-hybridized carbons (Fsp3) is 0.273. The highest BCUT2D eigenvalue weighted by Gasteiger charge is 2.12. The summed E-state index contributed by atoms with van der Waals surface area (Å²) < 4.78 is 11.1. The molecule has 0 atom stereocenters. The molecule has 1 amide bonds. The molecule has 0 aliphatic carbocycles. The van der Waals surface area contributed by atoms with Crippen LogP contribution in [0.5, 0.6) is 0 Å². The minimum atomic E-state index is -0.0569. The van der Waals surface area contributed by atoms with Gasteiger partial charge in [-0.15, -0.1) is 0 Å². The second kappa shape index (κ2) is 8.71. The number of anilines is 2. The standard InChI is InChI=1S/C22H23N3O3/c26-21(10-11-22-23-16-20(28-22)17-4-2-1-3-5-17)24-18-6-8-19(9-7-18)25-12-14-27-15-13-25/h1-9,16H,10-15H2,(H,24,26). The molecule has 4 rings (SSSR count). The van der Waals surface area contributed by atoms with Crippen LogP contribution in [0.15, 0.2) is 65.2 Å². The van der Waals surface area contributed by atoms with Gasteiger partial charge in [-0.3, -0.25) is 4.79 Å². The van der Waals surface area contributed by atoms with Gasteiger partial charge in [0.25, 0.3) is 0 Å². The van der Waals surface area contributed by atoms with Gasteiger partial charge < -0.3 is 19.4 Å². The van der Waals surface area contributed by atoms with E-state index in [2.05, 4.69) is 15.2 Å². The van der Waals surface area contributed by atoms with E-state index in [9.17, 15) is 4.79 Å². The zero-order chi connectivity index (χ0) is 19.2. The maximum atomic E-state index is 12.2. The van der Waals surface area contributed by atoms with Gasteiger partial charge in [-0.1, -0.05) is 30.3 Å². The van der Waals surface area contributed by atoms with Crippen molar-refractivity contribution >= 4 is 17.3 Å².